The van der Waals surface area contributed by atoms with E-state index in [1.807, 2.05) is 0 Å². The van der Waals surface area contributed by atoms with Crippen LogP contribution in [0.1, 0.15) is 19.8 Å². The predicted molar refractivity (Wildman–Crippen MR) is 60.7 cm³/mol. The lowest BCUT2D eigenvalue weighted by Crippen LogP contribution is -2.54. The number of hydrogen-bond donors (Lipinski definition) is 5. The van der Waals surface area contributed by atoms with Crippen molar-refractivity contribution in [3.05, 3.63) is 0 Å². The van der Waals surface area contributed by atoms with E-state index in [9.17, 15) is 14.7 Å². The molecule has 5 N–H and O–H groups in total. The van der Waals surface area contributed by atoms with Crippen LogP contribution < -0.4 is 16.0 Å². The number of rotatable bonds is 4. The Hall–Kier alpha value is -1.34. The maximum Gasteiger partial charge on any atom is 0.328 e. The number of aliphatic hydroxyl groups is 1. The number of carbonyl (C=O) groups is 2. The van der Waals surface area contributed by atoms with Gasteiger partial charge in [-0.1, -0.05) is 0 Å². The van der Waals surface area contributed by atoms with Gasteiger partial charge in [0.25, 0.3) is 0 Å². The van der Waals surface area contributed by atoms with Crippen LogP contribution in [0.25, 0.3) is 0 Å². The van der Waals surface area contributed by atoms with E-state index in [0.29, 0.717) is 0 Å². The van der Waals surface area contributed by atoms with Gasteiger partial charge in [0.1, 0.15) is 0 Å². The van der Waals surface area contributed by atoms with Crippen molar-refractivity contribution in [3.8, 4) is 0 Å². The summed E-state index contributed by atoms with van der Waals surface area (Å²) in [6, 6.07) is -1.78. The summed E-state index contributed by atoms with van der Waals surface area (Å²) in [5.41, 5.74) is 0. The van der Waals surface area contributed by atoms with Crippen molar-refractivity contribution in [2.45, 2.75) is 38.0 Å². The van der Waals surface area contributed by atoms with Gasteiger partial charge < -0.3 is 26.2 Å². The maximum absolute atomic E-state index is 11.5. The van der Waals surface area contributed by atoms with Gasteiger partial charge in [0.2, 0.25) is 0 Å². The first-order valence-electron chi connectivity index (χ1n) is 5.69. The fourth-order valence-electron chi connectivity index (χ4n) is 1.72. The van der Waals surface area contributed by atoms with Gasteiger partial charge in [0.05, 0.1) is 6.10 Å². The summed E-state index contributed by atoms with van der Waals surface area (Å²) < 4.78 is 0. The van der Waals surface area contributed by atoms with Gasteiger partial charge in [-0.05, 0) is 32.9 Å². The van der Waals surface area contributed by atoms with Crippen LogP contribution in [-0.4, -0.2) is 53.5 Å². The molecule has 1 aliphatic heterocycles. The van der Waals surface area contributed by atoms with E-state index in [4.69, 9.17) is 5.11 Å². The Kier molecular flexibility index (Phi) is 5.17. The molecule has 1 saturated heterocycles. The molecule has 7 heteroatoms. The third-order valence-electron chi connectivity index (χ3n) is 2.71. The molecule has 2 amide bonds. The first-order chi connectivity index (χ1) is 8.00. The van der Waals surface area contributed by atoms with E-state index in [2.05, 4.69) is 16.0 Å². The van der Waals surface area contributed by atoms with Gasteiger partial charge in [0, 0.05) is 6.04 Å². The van der Waals surface area contributed by atoms with E-state index in [-0.39, 0.29) is 6.04 Å². The Balaban J connectivity index is 2.38. The SMILES string of the molecule is C[C@@H](O)[C@H](NC(=O)NC1CCNCC1)C(=O)O. The van der Waals surface area contributed by atoms with Crippen LogP contribution in [0.5, 0.6) is 0 Å². The van der Waals surface area contributed by atoms with Gasteiger partial charge in [-0.25, -0.2) is 9.59 Å². The summed E-state index contributed by atoms with van der Waals surface area (Å²) in [5.74, 6) is -1.25. The van der Waals surface area contributed by atoms with Crippen molar-refractivity contribution in [1.82, 2.24) is 16.0 Å². The first kappa shape index (κ1) is 13.7. The highest BCUT2D eigenvalue weighted by Crippen LogP contribution is 2.01. The Morgan fingerprint density at radius 1 is 1.35 bits per heavy atom. The van der Waals surface area contributed by atoms with Crippen LogP contribution in [0, 0.1) is 0 Å². The maximum atomic E-state index is 11.5. The molecule has 0 spiro atoms. The van der Waals surface area contributed by atoms with E-state index >= 15 is 0 Å². The average Bonchev–Trinajstić information content (AvgIpc) is 2.26. The lowest BCUT2D eigenvalue weighted by molar-refractivity contribution is -0.141. The summed E-state index contributed by atoms with van der Waals surface area (Å²) in [7, 11) is 0. The molecule has 0 aromatic rings. The summed E-state index contributed by atoms with van der Waals surface area (Å²) in [5, 5.41) is 26.1. The highest BCUT2D eigenvalue weighted by atomic mass is 16.4. The van der Waals surface area contributed by atoms with Crippen molar-refractivity contribution in [2.24, 2.45) is 0 Å². The van der Waals surface area contributed by atoms with Crippen LogP contribution in [0.15, 0.2) is 0 Å². The molecule has 0 unspecified atom stereocenters. The normalized spacial score (nSPS) is 20.4. The molecular weight excluding hydrogens is 226 g/mol. The molecule has 7 nitrogen and oxygen atoms in total. The molecule has 0 bridgehead atoms. The molecule has 0 aromatic heterocycles. The molecular formula is C10H19N3O4. The second kappa shape index (κ2) is 6.41. The molecule has 0 aliphatic carbocycles. The van der Waals surface area contributed by atoms with Crippen molar-refractivity contribution >= 4 is 12.0 Å². The summed E-state index contributed by atoms with van der Waals surface area (Å²) in [6.07, 6.45) is 0.505. The predicted octanol–water partition coefficient (Wildman–Crippen LogP) is -1.13. The highest BCUT2D eigenvalue weighted by Gasteiger charge is 2.26. The lowest BCUT2D eigenvalue weighted by atomic mass is 10.1. The average molecular weight is 245 g/mol. The van der Waals surface area contributed by atoms with Gasteiger partial charge >= 0.3 is 12.0 Å². The lowest BCUT2D eigenvalue weighted by Gasteiger charge is -2.25. The standard InChI is InChI=1S/C10H19N3O4/c1-6(14)8(9(15)16)13-10(17)12-7-2-4-11-5-3-7/h6-8,11,14H,2-5H2,1H3,(H,15,16)(H2,12,13,17)/t6-,8+/m1/s1. The monoisotopic (exact) mass is 245 g/mol. The quantitative estimate of drug-likeness (QED) is 0.430. The third kappa shape index (κ3) is 4.58. The fraction of sp³-hybridized carbons (Fsp3) is 0.800. The fourth-order valence-corrected chi connectivity index (χ4v) is 1.72. The molecule has 98 valence electrons. The van der Waals surface area contributed by atoms with E-state index in [1.54, 1.807) is 0 Å². The number of piperidine rings is 1. The van der Waals surface area contributed by atoms with E-state index in [0.717, 1.165) is 25.9 Å². The minimum atomic E-state index is -1.28. The van der Waals surface area contributed by atoms with Crippen LogP contribution in [0.4, 0.5) is 4.79 Å². The number of amides is 2. The van der Waals surface area contributed by atoms with Gasteiger partial charge in [-0.3, -0.25) is 0 Å². The van der Waals surface area contributed by atoms with Crippen molar-refractivity contribution in [3.63, 3.8) is 0 Å². The number of aliphatic carboxylic acids is 1. The summed E-state index contributed by atoms with van der Waals surface area (Å²) in [4.78, 5) is 22.3. The molecule has 0 saturated carbocycles. The number of aliphatic hydroxyl groups excluding tert-OH is 1. The second-order valence-corrected chi connectivity index (χ2v) is 4.20. The Bertz CT molecular complexity index is 277. The summed E-state index contributed by atoms with van der Waals surface area (Å²) >= 11 is 0. The molecule has 1 rings (SSSR count). The van der Waals surface area contributed by atoms with Crippen LogP contribution >= 0.6 is 0 Å². The highest BCUT2D eigenvalue weighted by molar-refractivity contribution is 5.83. The van der Waals surface area contributed by atoms with E-state index < -0.39 is 24.1 Å². The second-order valence-electron chi connectivity index (χ2n) is 4.20. The number of urea groups is 1. The smallest absolute Gasteiger partial charge is 0.328 e. The van der Waals surface area contributed by atoms with Crippen molar-refractivity contribution in [1.29, 1.82) is 0 Å². The molecule has 17 heavy (non-hydrogen) atoms. The Labute approximate surface area is 99.6 Å². The minimum absolute atomic E-state index is 0.0553. The molecule has 0 aromatic carbocycles. The number of carbonyl (C=O) groups excluding carboxylic acids is 1. The van der Waals surface area contributed by atoms with Gasteiger partial charge in [0.15, 0.2) is 6.04 Å². The van der Waals surface area contributed by atoms with Gasteiger partial charge in [-0.2, -0.15) is 0 Å². The molecule has 1 heterocycles. The molecule has 1 fully saturated rings. The number of carboxylic acids is 1. The minimum Gasteiger partial charge on any atom is -0.480 e. The van der Waals surface area contributed by atoms with E-state index in [1.165, 1.54) is 6.92 Å². The topological polar surface area (TPSA) is 111 Å². The first-order valence-corrected chi connectivity index (χ1v) is 5.69. The van der Waals surface area contributed by atoms with Crippen LogP contribution in [0.2, 0.25) is 0 Å². The third-order valence-corrected chi connectivity index (χ3v) is 2.71. The molecule has 2 atom stereocenters. The van der Waals surface area contributed by atoms with Gasteiger partial charge in [-0.15, -0.1) is 0 Å². The zero-order chi connectivity index (χ0) is 12.8. The molecule has 1 aliphatic rings. The number of hydrogen-bond acceptors (Lipinski definition) is 4. The largest absolute Gasteiger partial charge is 0.480 e. The van der Waals surface area contributed by atoms with Crippen LogP contribution in [0.3, 0.4) is 0 Å². The van der Waals surface area contributed by atoms with Crippen LogP contribution in [-0.2, 0) is 4.79 Å². The Morgan fingerprint density at radius 3 is 2.41 bits per heavy atom. The number of carboxylic acid groups (broad SMARTS) is 1. The number of nitrogens with one attached hydrogen (secondary N) is 3. The van der Waals surface area contributed by atoms with Crippen molar-refractivity contribution < 1.29 is 19.8 Å². The Morgan fingerprint density at radius 2 is 1.94 bits per heavy atom. The van der Waals surface area contributed by atoms with Crippen molar-refractivity contribution in [2.75, 3.05) is 13.1 Å². The molecule has 0 radical (unpaired) electrons. The zero-order valence-corrected chi connectivity index (χ0v) is 9.77. The summed E-state index contributed by atoms with van der Waals surface area (Å²) in [6.45, 7) is 3.00. The zero-order valence-electron chi connectivity index (χ0n) is 9.77.